The Balaban J connectivity index is 1.73. The van der Waals surface area contributed by atoms with Gasteiger partial charge in [-0.2, -0.15) is 4.68 Å². The number of allylic oxidation sites excluding steroid dienone is 1. The molecule has 0 aliphatic carbocycles. The van der Waals surface area contributed by atoms with Crippen molar-refractivity contribution in [3.63, 3.8) is 0 Å². The van der Waals surface area contributed by atoms with E-state index in [0.717, 1.165) is 17.0 Å². The maximum absolute atomic E-state index is 13.1. The molecule has 28 heavy (non-hydrogen) atoms. The molecule has 0 unspecified atom stereocenters. The zero-order valence-corrected chi connectivity index (χ0v) is 15.6. The maximum Gasteiger partial charge on any atom is 0.255 e. The number of anilines is 2. The van der Waals surface area contributed by atoms with E-state index in [4.69, 9.17) is 4.74 Å². The molecule has 1 atom stereocenters. The van der Waals surface area contributed by atoms with E-state index in [1.165, 1.54) is 0 Å². The van der Waals surface area contributed by atoms with Gasteiger partial charge in [-0.25, -0.2) is 0 Å². The van der Waals surface area contributed by atoms with Gasteiger partial charge in [0.1, 0.15) is 11.8 Å². The lowest BCUT2D eigenvalue weighted by molar-refractivity contribution is -0.113. The molecule has 1 aromatic heterocycles. The number of hydrogen-bond acceptors (Lipinski definition) is 6. The lowest BCUT2D eigenvalue weighted by atomic mass is 9.95. The minimum Gasteiger partial charge on any atom is -0.494 e. The van der Waals surface area contributed by atoms with Gasteiger partial charge in [-0.3, -0.25) is 4.79 Å². The van der Waals surface area contributed by atoms with Crippen molar-refractivity contribution in [2.24, 2.45) is 0 Å². The molecule has 8 nitrogen and oxygen atoms in total. The number of carbonyl (C=O) groups is 1. The molecule has 0 radical (unpaired) electrons. The molecule has 0 saturated carbocycles. The minimum absolute atomic E-state index is 0.212. The summed E-state index contributed by atoms with van der Waals surface area (Å²) in [5, 5.41) is 17.9. The van der Waals surface area contributed by atoms with Crippen LogP contribution in [0.15, 0.2) is 65.9 Å². The largest absolute Gasteiger partial charge is 0.494 e. The molecule has 0 spiro atoms. The standard InChI is InChI=1S/C20H20N6O2/c1-3-28-16-11-9-14(10-12-16)18-17(13(2)21-20-23-24-25-26(18)20)19(27)22-15-7-5-4-6-8-15/h4-12,18H,3H2,1-2H3,(H,22,27)(H,21,23,25)/t18-/m1/s1. The van der Waals surface area contributed by atoms with Crippen molar-refractivity contribution < 1.29 is 9.53 Å². The van der Waals surface area contributed by atoms with Crippen molar-refractivity contribution in [2.45, 2.75) is 19.9 Å². The van der Waals surface area contributed by atoms with Crippen LogP contribution in [0.4, 0.5) is 11.6 Å². The van der Waals surface area contributed by atoms with Crippen LogP contribution in [0.25, 0.3) is 0 Å². The summed E-state index contributed by atoms with van der Waals surface area (Å²) in [6.45, 7) is 4.37. The number of rotatable bonds is 5. The molecule has 3 aromatic rings. The van der Waals surface area contributed by atoms with Gasteiger partial charge in [0.05, 0.1) is 12.2 Å². The molecule has 2 N–H and O–H groups in total. The van der Waals surface area contributed by atoms with Gasteiger partial charge in [0.15, 0.2) is 0 Å². The van der Waals surface area contributed by atoms with E-state index in [2.05, 4.69) is 26.2 Å². The summed E-state index contributed by atoms with van der Waals surface area (Å²) in [5.41, 5.74) is 2.86. The molecule has 142 valence electrons. The molecule has 2 aromatic carbocycles. The van der Waals surface area contributed by atoms with E-state index in [1.807, 2.05) is 68.4 Å². The van der Waals surface area contributed by atoms with Crippen molar-refractivity contribution in [1.82, 2.24) is 20.2 Å². The number of nitrogens with zero attached hydrogens (tertiary/aromatic N) is 4. The third-order valence-electron chi connectivity index (χ3n) is 4.50. The van der Waals surface area contributed by atoms with Crippen LogP contribution in [0.2, 0.25) is 0 Å². The van der Waals surface area contributed by atoms with Crippen LogP contribution in [0, 0.1) is 0 Å². The van der Waals surface area contributed by atoms with Crippen LogP contribution < -0.4 is 15.4 Å². The second kappa shape index (κ2) is 7.51. The van der Waals surface area contributed by atoms with E-state index >= 15 is 0 Å². The van der Waals surface area contributed by atoms with E-state index in [9.17, 15) is 4.79 Å². The summed E-state index contributed by atoms with van der Waals surface area (Å²) >= 11 is 0. The summed E-state index contributed by atoms with van der Waals surface area (Å²) < 4.78 is 7.14. The van der Waals surface area contributed by atoms with Gasteiger partial charge in [-0.1, -0.05) is 35.4 Å². The Labute approximate surface area is 162 Å². The van der Waals surface area contributed by atoms with Gasteiger partial charge in [-0.05, 0) is 54.1 Å². The van der Waals surface area contributed by atoms with Gasteiger partial charge >= 0.3 is 0 Å². The molecule has 0 saturated heterocycles. The molecule has 2 heterocycles. The monoisotopic (exact) mass is 376 g/mol. The molecule has 4 rings (SSSR count). The Kier molecular flexibility index (Phi) is 4.76. The number of para-hydroxylation sites is 1. The van der Waals surface area contributed by atoms with Crippen LogP contribution >= 0.6 is 0 Å². The number of nitrogens with one attached hydrogen (secondary N) is 2. The van der Waals surface area contributed by atoms with Gasteiger partial charge in [0, 0.05) is 11.4 Å². The first-order valence-corrected chi connectivity index (χ1v) is 9.02. The predicted molar refractivity (Wildman–Crippen MR) is 105 cm³/mol. The normalized spacial score (nSPS) is 15.6. The van der Waals surface area contributed by atoms with E-state index < -0.39 is 6.04 Å². The fourth-order valence-electron chi connectivity index (χ4n) is 3.25. The molecule has 0 bridgehead atoms. The molecular weight excluding hydrogens is 356 g/mol. The van der Waals surface area contributed by atoms with Crippen molar-refractivity contribution in [2.75, 3.05) is 17.2 Å². The molecule has 1 aliphatic heterocycles. The smallest absolute Gasteiger partial charge is 0.255 e. The van der Waals surface area contributed by atoms with Crippen LogP contribution in [-0.4, -0.2) is 32.7 Å². The zero-order valence-electron chi connectivity index (χ0n) is 15.6. The Hall–Kier alpha value is -3.68. The average Bonchev–Trinajstić information content (AvgIpc) is 3.16. The molecule has 0 fully saturated rings. The highest BCUT2D eigenvalue weighted by Crippen LogP contribution is 2.35. The molecule has 1 aliphatic rings. The van der Waals surface area contributed by atoms with E-state index in [0.29, 0.717) is 23.8 Å². The highest BCUT2D eigenvalue weighted by atomic mass is 16.5. The first-order valence-electron chi connectivity index (χ1n) is 9.02. The third-order valence-corrected chi connectivity index (χ3v) is 4.50. The second-order valence-corrected chi connectivity index (χ2v) is 6.34. The number of tetrazole rings is 1. The number of amides is 1. The lowest BCUT2D eigenvalue weighted by Gasteiger charge is -2.28. The topological polar surface area (TPSA) is 94.0 Å². The highest BCUT2D eigenvalue weighted by Gasteiger charge is 2.34. The van der Waals surface area contributed by atoms with Gasteiger partial charge in [-0.15, -0.1) is 0 Å². The summed E-state index contributed by atoms with van der Waals surface area (Å²) in [7, 11) is 0. The highest BCUT2D eigenvalue weighted by molar-refractivity contribution is 6.05. The van der Waals surface area contributed by atoms with Crippen molar-refractivity contribution in [3.05, 3.63) is 71.4 Å². The van der Waals surface area contributed by atoms with Crippen molar-refractivity contribution in [3.8, 4) is 5.75 Å². The van der Waals surface area contributed by atoms with Crippen LogP contribution in [0.5, 0.6) is 5.75 Å². The molecule has 1 amide bonds. The van der Waals surface area contributed by atoms with Crippen LogP contribution in [0.1, 0.15) is 25.5 Å². The van der Waals surface area contributed by atoms with Crippen molar-refractivity contribution >= 4 is 17.5 Å². The van der Waals surface area contributed by atoms with E-state index in [1.54, 1.807) is 4.68 Å². The van der Waals surface area contributed by atoms with Crippen molar-refractivity contribution in [1.29, 1.82) is 0 Å². The number of hydrogen-bond donors (Lipinski definition) is 2. The fraction of sp³-hybridized carbons (Fsp3) is 0.200. The fourth-order valence-corrected chi connectivity index (χ4v) is 3.25. The van der Waals surface area contributed by atoms with Gasteiger partial charge < -0.3 is 15.4 Å². The quantitative estimate of drug-likeness (QED) is 0.711. The van der Waals surface area contributed by atoms with E-state index in [-0.39, 0.29) is 5.91 Å². The second-order valence-electron chi connectivity index (χ2n) is 6.34. The van der Waals surface area contributed by atoms with Gasteiger partial charge in [0.25, 0.3) is 5.91 Å². The first-order chi connectivity index (χ1) is 13.7. The Morgan fingerprint density at radius 2 is 1.93 bits per heavy atom. The number of benzene rings is 2. The molecular formula is C20H20N6O2. The Morgan fingerprint density at radius 3 is 2.64 bits per heavy atom. The third kappa shape index (κ3) is 3.32. The summed E-state index contributed by atoms with van der Waals surface area (Å²) in [5.74, 6) is 1.05. The zero-order chi connectivity index (χ0) is 19.5. The number of carbonyl (C=O) groups excluding carboxylic acids is 1. The number of fused-ring (bicyclic) bond motifs is 1. The van der Waals surface area contributed by atoms with Crippen LogP contribution in [0.3, 0.4) is 0 Å². The maximum atomic E-state index is 13.1. The SMILES string of the molecule is CCOc1ccc([C@@H]2C(C(=O)Nc3ccccc3)=C(C)Nc3nnnn32)cc1. The Morgan fingerprint density at radius 1 is 1.18 bits per heavy atom. The first kappa shape index (κ1) is 17.7. The minimum atomic E-state index is -0.453. The Bertz CT molecular complexity index is 1010. The summed E-state index contributed by atoms with van der Waals surface area (Å²) in [6, 6.07) is 16.5. The summed E-state index contributed by atoms with van der Waals surface area (Å²) in [6.07, 6.45) is 0. The van der Waals surface area contributed by atoms with Crippen LogP contribution in [-0.2, 0) is 4.79 Å². The average molecular weight is 376 g/mol. The van der Waals surface area contributed by atoms with Gasteiger partial charge in [0.2, 0.25) is 5.95 Å². The number of aromatic nitrogens is 4. The lowest BCUT2D eigenvalue weighted by Crippen LogP contribution is -2.31. The number of ether oxygens (including phenoxy) is 1. The summed E-state index contributed by atoms with van der Waals surface area (Å²) in [4.78, 5) is 13.1. The molecule has 8 heteroatoms. The predicted octanol–water partition coefficient (Wildman–Crippen LogP) is 3.00.